The molecule has 4 nitrogen and oxygen atoms in total. The van der Waals surface area contributed by atoms with Gasteiger partial charge in [0.25, 0.3) is 0 Å². The molecule has 1 saturated heterocycles. The molecule has 0 radical (unpaired) electrons. The summed E-state index contributed by atoms with van der Waals surface area (Å²) in [4.78, 5) is 4.41. The Hall–Kier alpha value is -0.900. The minimum atomic E-state index is 0.319. The van der Waals surface area contributed by atoms with Crippen LogP contribution in [0.15, 0.2) is 4.52 Å². The summed E-state index contributed by atoms with van der Waals surface area (Å²) in [6, 6.07) is 0.319. The molecule has 2 fully saturated rings. The van der Waals surface area contributed by atoms with Gasteiger partial charge in [-0.05, 0) is 32.2 Å². The zero-order valence-corrected chi connectivity index (χ0v) is 7.49. The van der Waals surface area contributed by atoms with E-state index in [0.29, 0.717) is 12.0 Å². The van der Waals surface area contributed by atoms with Crippen LogP contribution in [0.4, 0.5) is 0 Å². The minimum absolute atomic E-state index is 0.319. The van der Waals surface area contributed by atoms with Gasteiger partial charge in [0, 0.05) is 5.92 Å². The highest BCUT2D eigenvalue weighted by molar-refractivity contribution is 5.05. The number of nitrogens with one attached hydrogen (secondary N) is 1. The number of aromatic nitrogens is 2. The lowest BCUT2D eigenvalue weighted by molar-refractivity contribution is 0.341. The predicted molar refractivity (Wildman–Crippen MR) is 46.3 cm³/mol. The van der Waals surface area contributed by atoms with Crippen LogP contribution in [0.25, 0.3) is 0 Å². The minimum Gasteiger partial charge on any atom is -0.338 e. The molecule has 4 heteroatoms. The molecule has 1 saturated carbocycles. The Bertz CT molecular complexity index is 300. The monoisotopic (exact) mass is 179 g/mol. The summed E-state index contributed by atoms with van der Waals surface area (Å²) in [5.41, 5.74) is 0. The molecule has 3 rings (SSSR count). The second kappa shape index (κ2) is 2.80. The van der Waals surface area contributed by atoms with Gasteiger partial charge in [0.15, 0.2) is 5.82 Å². The lowest BCUT2D eigenvalue weighted by atomic mass is 10.2. The van der Waals surface area contributed by atoms with E-state index in [1.807, 2.05) is 0 Å². The third kappa shape index (κ3) is 1.35. The fourth-order valence-corrected chi connectivity index (χ4v) is 1.79. The van der Waals surface area contributed by atoms with E-state index >= 15 is 0 Å². The molecule has 0 bridgehead atoms. The van der Waals surface area contributed by atoms with Gasteiger partial charge in [-0.25, -0.2) is 0 Å². The van der Waals surface area contributed by atoms with Crippen molar-refractivity contribution in [3.8, 4) is 0 Å². The summed E-state index contributed by atoms with van der Waals surface area (Å²) in [6.07, 6.45) is 4.81. The van der Waals surface area contributed by atoms with Crippen molar-refractivity contribution in [3.63, 3.8) is 0 Å². The van der Waals surface area contributed by atoms with Gasteiger partial charge >= 0.3 is 0 Å². The summed E-state index contributed by atoms with van der Waals surface area (Å²) in [5, 5.41) is 7.35. The average molecular weight is 179 g/mol. The third-order valence-corrected chi connectivity index (χ3v) is 2.76. The van der Waals surface area contributed by atoms with Crippen molar-refractivity contribution >= 4 is 0 Å². The van der Waals surface area contributed by atoms with Crippen molar-refractivity contribution in [2.45, 2.75) is 37.6 Å². The van der Waals surface area contributed by atoms with Gasteiger partial charge in [0.1, 0.15) is 0 Å². The molecule has 1 aromatic rings. The molecule has 70 valence electrons. The molecule has 0 spiro atoms. The molecule has 0 unspecified atom stereocenters. The number of rotatable bonds is 2. The van der Waals surface area contributed by atoms with Crippen LogP contribution in [-0.4, -0.2) is 16.7 Å². The fraction of sp³-hybridized carbons (Fsp3) is 0.778. The van der Waals surface area contributed by atoms with Crippen LogP contribution in [-0.2, 0) is 0 Å². The molecular weight excluding hydrogens is 166 g/mol. The van der Waals surface area contributed by atoms with E-state index in [1.165, 1.54) is 19.3 Å². The molecule has 1 aliphatic carbocycles. The van der Waals surface area contributed by atoms with Gasteiger partial charge in [0.05, 0.1) is 6.04 Å². The van der Waals surface area contributed by atoms with Crippen molar-refractivity contribution < 1.29 is 4.52 Å². The quantitative estimate of drug-likeness (QED) is 0.745. The lowest BCUT2D eigenvalue weighted by Crippen LogP contribution is -2.13. The average Bonchev–Trinajstić information content (AvgIpc) is 2.72. The molecule has 1 atom stereocenters. The topological polar surface area (TPSA) is 51.0 Å². The molecule has 1 aromatic heterocycles. The summed E-state index contributed by atoms with van der Waals surface area (Å²) >= 11 is 0. The van der Waals surface area contributed by atoms with Crippen LogP contribution in [0, 0.1) is 0 Å². The molecule has 2 aliphatic rings. The third-order valence-electron chi connectivity index (χ3n) is 2.76. The first-order valence-corrected chi connectivity index (χ1v) is 5.00. The smallest absolute Gasteiger partial charge is 0.243 e. The van der Waals surface area contributed by atoms with Crippen molar-refractivity contribution in [1.82, 2.24) is 15.5 Å². The van der Waals surface area contributed by atoms with Crippen molar-refractivity contribution in [3.05, 3.63) is 11.7 Å². The Labute approximate surface area is 76.7 Å². The van der Waals surface area contributed by atoms with Crippen molar-refractivity contribution in [2.75, 3.05) is 6.54 Å². The normalized spacial score (nSPS) is 28.2. The van der Waals surface area contributed by atoms with Crippen LogP contribution in [0.3, 0.4) is 0 Å². The zero-order chi connectivity index (χ0) is 8.67. The Morgan fingerprint density at radius 1 is 1.31 bits per heavy atom. The van der Waals surface area contributed by atoms with Gasteiger partial charge < -0.3 is 9.84 Å². The van der Waals surface area contributed by atoms with Gasteiger partial charge in [-0.1, -0.05) is 5.16 Å². The van der Waals surface area contributed by atoms with E-state index in [2.05, 4.69) is 15.5 Å². The molecule has 1 aliphatic heterocycles. The molecule has 2 heterocycles. The summed E-state index contributed by atoms with van der Waals surface area (Å²) < 4.78 is 5.23. The highest BCUT2D eigenvalue weighted by Gasteiger charge is 2.30. The van der Waals surface area contributed by atoms with Gasteiger partial charge in [-0.3, -0.25) is 0 Å². The van der Waals surface area contributed by atoms with Crippen LogP contribution in [0.1, 0.15) is 49.4 Å². The number of hydrogen-bond donors (Lipinski definition) is 1. The summed E-state index contributed by atoms with van der Waals surface area (Å²) in [7, 11) is 0. The molecular formula is C9H13N3O. The standard InChI is InChI=1S/C9H13N3O/c1-2-7(10-5-1)9-11-8(12-13-9)6-3-4-6/h6-7,10H,1-5H2/t7-/m0/s1. The Kier molecular flexibility index (Phi) is 1.62. The van der Waals surface area contributed by atoms with Crippen LogP contribution in [0.5, 0.6) is 0 Å². The molecule has 1 N–H and O–H groups in total. The molecule has 0 aromatic carbocycles. The van der Waals surface area contributed by atoms with Crippen LogP contribution in [0.2, 0.25) is 0 Å². The maximum absolute atomic E-state index is 5.23. The second-order valence-electron chi connectivity index (χ2n) is 3.91. The first-order valence-electron chi connectivity index (χ1n) is 5.00. The Morgan fingerprint density at radius 3 is 2.92 bits per heavy atom. The van der Waals surface area contributed by atoms with Crippen LogP contribution < -0.4 is 5.32 Å². The van der Waals surface area contributed by atoms with Crippen molar-refractivity contribution in [1.29, 1.82) is 0 Å². The SMILES string of the molecule is C1CN[C@H](c2nc(C3CC3)no2)C1. The fourth-order valence-electron chi connectivity index (χ4n) is 1.79. The Balaban J connectivity index is 1.79. The van der Waals surface area contributed by atoms with E-state index in [-0.39, 0.29) is 0 Å². The van der Waals surface area contributed by atoms with E-state index in [0.717, 1.165) is 24.7 Å². The van der Waals surface area contributed by atoms with E-state index < -0.39 is 0 Å². The predicted octanol–water partition coefficient (Wildman–Crippen LogP) is 1.37. The largest absolute Gasteiger partial charge is 0.338 e. The first kappa shape index (κ1) is 7.50. The van der Waals surface area contributed by atoms with Gasteiger partial charge in [-0.2, -0.15) is 4.98 Å². The molecule has 13 heavy (non-hydrogen) atoms. The summed E-state index contributed by atoms with van der Waals surface area (Å²) in [5.74, 6) is 2.31. The van der Waals surface area contributed by atoms with E-state index in [9.17, 15) is 0 Å². The number of nitrogens with zero attached hydrogens (tertiary/aromatic N) is 2. The van der Waals surface area contributed by atoms with E-state index in [1.54, 1.807) is 0 Å². The zero-order valence-electron chi connectivity index (χ0n) is 7.49. The molecule has 0 amide bonds. The Morgan fingerprint density at radius 2 is 2.23 bits per heavy atom. The van der Waals surface area contributed by atoms with Crippen LogP contribution >= 0.6 is 0 Å². The highest BCUT2D eigenvalue weighted by Crippen LogP contribution is 2.38. The van der Waals surface area contributed by atoms with Gasteiger partial charge in [-0.15, -0.1) is 0 Å². The maximum atomic E-state index is 5.23. The highest BCUT2D eigenvalue weighted by atomic mass is 16.5. The maximum Gasteiger partial charge on any atom is 0.243 e. The number of hydrogen-bond acceptors (Lipinski definition) is 4. The summed E-state index contributed by atoms with van der Waals surface area (Å²) in [6.45, 7) is 1.08. The van der Waals surface area contributed by atoms with Crippen molar-refractivity contribution in [2.24, 2.45) is 0 Å². The van der Waals surface area contributed by atoms with E-state index in [4.69, 9.17) is 4.52 Å². The second-order valence-corrected chi connectivity index (χ2v) is 3.91. The first-order chi connectivity index (χ1) is 6.43. The van der Waals surface area contributed by atoms with Gasteiger partial charge in [0.2, 0.25) is 5.89 Å². The lowest BCUT2D eigenvalue weighted by Gasteiger charge is -2.01.